The molecular formula is C20H22F3N5O2S. The van der Waals surface area contributed by atoms with E-state index in [-0.39, 0.29) is 11.8 Å². The number of nitrogens with zero attached hydrogens (tertiary/aromatic N) is 5. The topological polar surface area (TPSA) is 74.0 Å². The summed E-state index contributed by atoms with van der Waals surface area (Å²) in [5.41, 5.74) is -0.101. The van der Waals surface area contributed by atoms with Crippen molar-refractivity contribution >= 4 is 22.2 Å². The standard InChI is InChI=1S/C20H22F3N5O2S/c1-3-15-24-19-28(25-15)18(30)17(31-19)16(27-10-8-26(9-11-27)12(2)29)13-4-6-14(7-5-13)20(21,22)23/h4-7,16,30H,3,8-11H2,1-2H3. The maximum absolute atomic E-state index is 13.0. The molecule has 166 valence electrons. The first-order chi connectivity index (χ1) is 14.7. The predicted octanol–water partition coefficient (Wildman–Crippen LogP) is 3.33. The molecule has 4 rings (SSSR count). The number of aromatic nitrogens is 3. The van der Waals surface area contributed by atoms with Gasteiger partial charge in [-0.15, -0.1) is 5.10 Å². The number of carbonyl (C=O) groups is 1. The second-order valence-electron chi connectivity index (χ2n) is 7.43. The van der Waals surface area contributed by atoms with Crippen molar-refractivity contribution in [1.82, 2.24) is 24.4 Å². The second kappa shape index (κ2) is 8.12. The molecule has 31 heavy (non-hydrogen) atoms. The quantitative estimate of drug-likeness (QED) is 0.656. The lowest BCUT2D eigenvalue weighted by atomic mass is 10.0. The smallest absolute Gasteiger partial charge is 0.416 e. The molecular weight excluding hydrogens is 431 g/mol. The number of piperazine rings is 1. The van der Waals surface area contributed by atoms with Gasteiger partial charge in [0.05, 0.1) is 16.5 Å². The van der Waals surface area contributed by atoms with Gasteiger partial charge in [0.1, 0.15) is 0 Å². The molecule has 3 heterocycles. The average Bonchev–Trinajstić information content (AvgIpc) is 3.28. The Hall–Kier alpha value is -2.66. The normalized spacial score (nSPS) is 16.7. The van der Waals surface area contributed by atoms with Gasteiger partial charge in [0.2, 0.25) is 16.7 Å². The van der Waals surface area contributed by atoms with Crippen LogP contribution in [0.2, 0.25) is 0 Å². The molecule has 3 aromatic rings. The molecule has 1 fully saturated rings. The molecule has 0 bridgehead atoms. The first-order valence-electron chi connectivity index (χ1n) is 9.93. The lowest BCUT2D eigenvalue weighted by molar-refractivity contribution is -0.137. The van der Waals surface area contributed by atoms with Crippen LogP contribution in [-0.2, 0) is 17.4 Å². The summed E-state index contributed by atoms with van der Waals surface area (Å²) in [7, 11) is 0. The van der Waals surface area contributed by atoms with Crippen LogP contribution in [0.25, 0.3) is 4.96 Å². The Bertz CT molecular complexity index is 1080. The number of benzene rings is 1. The molecule has 0 spiro atoms. The highest BCUT2D eigenvalue weighted by molar-refractivity contribution is 7.17. The first kappa shape index (κ1) is 21.6. The summed E-state index contributed by atoms with van der Waals surface area (Å²) < 4.78 is 40.5. The zero-order valence-corrected chi connectivity index (χ0v) is 17.9. The Morgan fingerprint density at radius 3 is 2.35 bits per heavy atom. The van der Waals surface area contributed by atoms with Gasteiger partial charge in [-0.05, 0) is 17.7 Å². The van der Waals surface area contributed by atoms with Gasteiger partial charge in [-0.25, -0.2) is 4.98 Å². The Morgan fingerprint density at radius 2 is 1.84 bits per heavy atom. The molecule has 11 heteroatoms. The van der Waals surface area contributed by atoms with E-state index in [2.05, 4.69) is 15.0 Å². The van der Waals surface area contributed by atoms with E-state index in [9.17, 15) is 23.1 Å². The average molecular weight is 453 g/mol. The van der Waals surface area contributed by atoms with E-state index < -0.39 is 17.8 Å². The number of hydrogen-bond donors (Lipinski definition) is 1. The third-order valence-electron chi connectivity index (χ3n) is 5.49. The number of halogens is 3. The molecule has 1 N–H and O–H groups in total. The van der Waals surface area contributed by atoms with Crippen LogP contribution in [0.4, 0.5) is 13.2 Å². The largest absolute Gasteiger partial charge is 0.492 e. The molecule has 1 saturated heterocycles. The second-order valence-corrected chi connectivity index (χ2v) is 8.44. The number of aryl methyl sites for hydroxylation is 1. The minimum absolute atomic E-state index is 0.0144. The van der Waals surface area contributed by atoms with Crippen LogP contribution in [0.15, 0.2) is 24.3 Å². The number of amides is 1. The summed E-state index contributed by atoms with van der Waals surface area (Å²) in [4.78, 5) is 21.0. The van der Waals surface area contributed by atoms with Crippen molar-refractivity contribution in [3.63, 3.8) is 0 Å². The van der Waals surface area contributed by atoms with Crippen molar-refractivity contribution in [2.24, 2.45) is 0 Å². The molecule has 1 aliphatic rings. The molecule has 1 aromatic carbocycles. The Kier molecular flexibility index (Phi) is 5.65. The van der Waals surface area contributed by atoms with E-state index in [1.54, 1.807) is 4.90 Å². The lowest BCUT2D eigenvalue weighted by Gasteiger charge is -2.38. The molecule has 0 radical (unpaired) electrons. The van der Waals surface area contributed by atoms with Crippen LogP contribution in [0, 0.1) is 0 Å². The maximum atomic E-state index is 13.0. The van der Waals surface area contributed by atoms with Gasteiger partial charge in [-0.2, -0.15) is 17.7 Å². The Balaban J connectivity index is 1.74. The highest BCUT2D eigenvalue weighted by Gasteiger charge is 2.34. The van der Waals surface area contributed by atoms with Crippen molar-refractivity contribution < 1.29 is 23.1 Å². The highest BCUT2D eigenvalue weighted by Crippen LogP contribution is 2.41. The van der Waals surface area contributed by atoms with Crippen molar-refractivity contribution in [3.8, 4) is 5.88 Å². The fraction of sp³-hybridized carbons (Fsp3) is 0.450. The summed E-state index contributed by atoms with van der Waals surface area (Å²) in [5.74, 6) is 0.528. The third-order valence-corrected chi connectivity index (χ3v) is 6.56. The molecule has 0 aliphatic carbocycles. The maximum Gasteiger partial charge on any atom is 0.416 e. The van der Waals surface area contributed by atoms with Crippen LogP contribution in [0.5, 0.6) is 5.88 Å². The summed E-state index contributed by atoms with van der Waals surface area (Å²) >= 11 is 1.27. The van der Waals surface area contributed by atoms with Crippen LogP contribution >= 0.6 is 11.3 Å². The molecule has 2 aromatic heterocycles. The lowest BCUT2D eigenvalue weighted by Crippen LogP contribution is -2.49. The van der Waals surface area contributed by atoms with E-state index in [0.717, 1.165) is 12.1 Å². The number of alkyl halides is 3. The Morgan fingerprint density at radius 1 is 1.19 bits per heavy atom. The molecule has 1 aliphatic heterocycles. The van der Waals surface area contributed by atoms with Gasteiger partial charge in [0.15, 0.2) is 5.82 Å². The van der Waals surface area contributed by atoms with Crippen LogP contribution in [0.1, 0.15) is 41.7 Å². The fourth-order valence-electron chi connectivity index (χ4n) is 3.80. The van der Waals surface area contributed by atoms with Crippen molar-refractivity contribution in [2.75, 3.05) is 26.2 Å². The number of thiazole rings is 1. The van der Waals surface area contributed by atoms with E-state index in [0.29, 0.717) is 53.8 Å². The van der Waals surface area contributed by atoms with Gasteiger partial charge in [0, 0.05) is 39.5 Å². The fourth-order valence-corrected chi connectivity index (χ4v) is 4.93. The number of hydrogen-bond acceptors (Lipinski definition) is 6. The van der Waals surface area contributed by atoms with Gasteiger partial charge in [-0.1, -0.05) is 30.4 Å². The van der Waals surface area contributed by atoms with E-state index >= 15 is 0 Å². The van der Waals surface area contributed by atoms with Crippen LogP contribution in [0.3, 0.4) is 0 Å². The predicted molar refractivity (Wildman–Crippen MR) is 109 cm³/mol. The van der Waals surface area contributed by atoms with Gasteiger partial charge < -0.3 is 10.0 Å². The van der Waals surface area contributed by atoms with Crippen LogP contribution in [-0.4, -0.2) is 61.6 Å². The summed E-state index contributed by atoms with van der Waals surface area (Å²) in [6, 6.07) is 4.51. The Labute approximate surface area is 180 Å². The number of fused-ring (bicyclic) bond motifs is 1. The van der Waals surface area contributed by atoms with Crippen molar-refractivity contribution in [1.29, 1.82) is 0 Å². The monoisotopic (exact) mass is 453 g/mol. The zero-order chi connectivity index (χ0) is 22.3. The summed E-state index contributed by atoms with van der Waals surface area (Å²) in [6.07, 6.45) is -3.80. The van der Waals surface area contributed by atoms with Gasteiger partial charge >= 0.3 is 6.18 Å². The van der Waals surface area contributed by atoms with E-state index in [1.165, 1.54) is 34.9 Å². The molecule has 1 unspecified atom stereocenters. The minimum atomic E-state index is -4.42. The van der Waals surface area contributed by atoms with E-state index in [4.69, 9.17) is 0 Å². The first-order valence-corrected chi connectivity index (χ1v) is 10.7. The van der Waals surface area contributed by atoms with Crippen LogP contribution < -0.4 is 0 Å². The van der Waals surface area contributed by atoms with Gasteiger partial charge in [0.25, 0.3) is 0 Å². The number of rotatable bonds is 4. The molecule has 1 atom stereocenters. The van der Waals surface area contributed by atoms with Crippen molar-refractivity contribution in [2.45, 2.75) is 32.5 Å². The molecule has 7 nitrogen and oxygen atoms in total. The summed E-state index contributed by atoms with van der Waals surface area (Å²) in [5, 5.41) is 15.2. The zero-order valence-electron chi connectivity index (χ0n) is 17.1. The highest BCUT2D eigenvalue weighted by atomic mass is 32.1. The SMILES string of the molecule is CCc1nc2sc(C(c3ccc(C(F)(F)F)cc3)N3CCN(C(C)=O)CC3)c(O)n2n1. The summed E-state index contributed by atoms with van der Waals surface area (Å²) in [6.45, 7) is 5.50. The number of aromatic hydroxyl groups is 1. The van der Waals surface area contributed by atoms with Gasteiger partial charge in [-0.3, -0.25) is 9.69 Å². The third kappa shape index (κ3) is 4.11. The van der Waals surface area contributed by atoms with E-state index in [1.807, 2.05) is 6.92 Å². The number of carbonyl (C=O) groups excluding carboxylic acids is 1. The minimum Gasteiger partial charge on any atom is -0.492 e. The molecule has 0 saturated carbocycles. The molecule has 1 amide bonds. The van der Waals surface area contributed by atoms with Crippen molar-refractivity contribution in [3.05, 3.63) is 46.1 Å².